The average Bonchev–Trinajstić information content (AvgIpc) is 2.81. The van der Waals surface area contributed by atoms with Crippen LogP contribution in [0.4, 0.5) is 5.69 Å². The summed E-state index contributed by atoms with van der Waals surface area (Å²) in [6, 6.07) is 22.7. The van der Waals surface area contributed by atoms with Crippen LogP contribution in [0.5, 0.6) is 11.5 Å². The molecule has 3 aromatic carbocycles. The molecule has 0 atom stereocenters. The van der Waals surface area contributed by atoms with Gasteiger partial charge in [0.1, 0.15) is 11.5 Å². The van der Waals surface area contributed by atoms with Crippen LogP contribution < -0.4 is 15.6 Å². The van der Waals surface area contributed by atoms with Crippen LogP contribution in [0.25, 0.3) is 10.8 Å². The molecule has 8 heteroatoms. The van der Waals surface area contributed by atoms with Gasteiger partial charge < -0.3 is 14.8 Å². The maximum Gasteiger partial charge on any atom is 0.359 e. The van der Waals surface area contributed by atoms with Crippen LogP contribution >= 0.6 is 0 Å². The molecule has 8 nitrogen and oxygen atoms in total. The summed E-state index contributed by atoms with van der Waals surface area (Å²) in [6.45, 7) is -0.512. The molecule has 160 valence electrons. The molecule has 0 bridgehead atoms. The molecule has 0 aliphatic carbocycles. The summed E-state index contributed by atoms with van der Waals surface area (Å²) in [5.41, 5.74) is 0.131. The van der Waals surface area contributed by atoms with Crippen molar-refractivity contribution in [2.24, 2.45) is 7.05 Å². The fourth-order valence-electron chi connectivity index (χ4n) is 3.11. The van der Waals surface area contributed by atoms with Crippen LogP contribution in [0.3, 0.4) is 0 Å². The number of ether oxygens (including phenoxy) is 2. The maximum absolute atomic E-state index is 12.5. The fourth-order valence-corrected chi connectivity index (χ4v) is 3.11. The number of amides is 1. The van der Waals surface area contributed by atoms with Gasteiger partial charge in [0.25, 0.3) is 11.5 Å². The van der Waals surface area contributed by atoms with Crippen molar-refractivity contribution in [1.29, 1.82) is 0 Å². The zero-order valence-electron chi connectivity index (χ0n) is 17.1. The van der Waals surface area contributed by atoms with E-state index >= 15 is 0 Å². The normalized spacial score (nSPS) is 10.5. The number of fused-ring (bicyclic) bond motifs is 1. The number of rotatable bonds is 6. The Balaban J connectivity index is 1.41. The van der Waals surface area contributed by atoms with E-state index in [-0.39, 0.29) is 11.3 Å². The lowest BCUT2D eigenvalue weighted by Gasteiger charge is -2.10. The summed E-state index contributed by atoms with van der Waals surface area (Å²) in [5, 5.41) is 7.37. The Morgan fingerprint density at radius 1 is 0.906 bits per heavy atom. The number of benzene rings is 3. The standard InChI is InChI=1S/C24H19N3O5/c1-27-23(29)20-13-6-5-12-19(20)22(26-27)24(30)31-15-21(28)25-16-8-7-11-18(14-16)32-17-9-3-2-4-10-17/h2-14H,15H2,1H3,(H,25,28). The molecule has 32 heavy (non-hydrogen) atoms. The van der Waals surface area contributed by atoms with Gasteiger partial charge >= 0.3 is 5.97 Å². The Labute approximate surface area is 183 Å². The Hall–Kier alpha value is -4.46. The van der Waals surface area contributed by atoms with Crippen molar-refractivity contribution in [3.8, 4) is 11.5 Å². The number of para-hydroxylation sites is 1. The molecule has 0 fully saturated rings. The van der Waals surface area contributed by atoms with Crippen molar-refractivity contribution in [1.82, 2.24) is 9.78 Å². The number of carbonyl (C=O) groups excluding carboxylic acids is 2. The first-order chi connectivity index (χ1) is 15.5. The summed E-state index contributed by atoms with van der Waals surface area (Å²) < 4.78 is 11.9. The number of nitrogens with one attached hydrogen (secondary N) is 1. The van der Waals surface area contributed by atoms with Crippen LogP contribution in [0.1, 0.15) is 10.5 Å². The highest BCUT2D eigenvalue weighted by atomic mass is 16.5. The van der Waals surface area contributed by atoms with Gasteiger partial charge in [-0.05, 0) is 30.3 Å². The van der Waals surface area contributed by atoms with Gasteiger partial charge in [0, 0.05) is 24.2 Å². The molecule has 0 saturated carbocycles. The van der Waals surface area contributed by atoms with Crippen LogP contribution in [0.2, 0.25) is 0 Å². The van der Waals surface area contributed by atoms with E-state index in [2.05, 4.69) is 10.4 Å². The first-order valence-corrected chi connectivity index (χ1v) is 9.77. The van der Waals surface area contributed by atoms with E-state index in [1.54, 1.807) is 48.5 Å². The molecule has 0 aliphatic rings. The monoisotopic (exact) mass is 429 g/mol. The van der Waals surface area contributed by atoms with Gasteiger partial charge in [-0.15, -0.1) is 0 Å². The van der Waals surface area contributed by atoms with E-state index in [1.165, 1.54) is 7.05 Å². The molecule has 1 amide bonds. The number of aryl methyl sites for hydroxylation is 1. The lowest BCUT2D eigenvalue weighted by atomic mass is 10.1. The van der Waals surface area contributed by atoms with Gasteiger partial charge in [-0.25, -0.2) is 9.48 Å². The Kier molecular flexibility index (Phi) is 5.94. The van der Waals surface area contributed by atoms with Crippen LogP contribution in [-0.4, -0.2) is 28.3 Å². The van der Waals surface area contributed by atoms with Crippen molar-refractivity contribution < 1.29 is 19.1 Å². The second-order valence-electron chi connectivity index (χ2n) is 6.89. The Morgan fingerprint density at radius 2 is 1.59 bits per heavy atom. The van der Waals surface area contributed by atoms with Crippen molar-refractivity contribution >= 4 is 28.3 Å². The van der Waals surface area contributed by atoms with Gasteiger partial charge in [0.2, 0.25) is 0 Å². The van der Waals surface area contributed by atoms with E-state index in [1.807, 2.05) is 30.3 Å². The smallest absolute Gasteiger partial charge is 0.359 e. The van der Waals surface area contributed by atoms with Crippen LogP contribution in [0.15, 0.2) is 83.7 Å². The van der Waals surface area contributed by atoms with Crippen LogP contribution in [0, 0.1) is 0 Å². The molecule has 1 aromatic heterocycles. The summed E-state index contributed by atoms with van der Waals surface area (Å²) >= 11 is 0. The average molecular weight is 429 g/mol. The molecule has 0 saturated heterocycles. The third-order valence-electron chi connectivity index (χ3n) is 4.58. The number of carbonyl (C=O) groups is 2. The number of aromatic nitrogens is 2. The summed E-state index contributed by atoms with van der Waals surface area (Å²) in [7, 11) is 1.45. The topological polar surface area (TPSA) is 99.5 Å². The van der Waals surface area contributed by atoms with Crippen molar-refractivity contribution in [2.45, 2.75) is 0 Å². The molecular formula is C24H19N3O5. The minimum Gasteiger partial charge on any atom is -0.457 e. The first kappa shape index (κ1) is 20.8. The second kappa shape index (κ2) is 9.13. The van der Waals surface area contributed by atoms with Crippen LogP contribution in [-0.2, 0) is 16.6 Å². The van der Waals surface area contributed by atoms with Crippen molar-refractivity contribution in [3.63, 3.8) is 0 Å². The SMILES string of the molecule is Cn1nc(C(=O)OCC(=O)Nc2cccc(Oc3ccccc3)c2)c2ccccc2c1=O. The number of esters is 1. The fraction of sp³-hybridized carbons (Fsp3) is 0.0833. The summed E-state index contributed by atoms with van der Waals surface area (Å²) in [4.78, 5) is 37.0. The number of nitrogens with zero attached hydrogens (tertiary/aromatic N) is 2. The zero-order valence-corrected chi connectivity index (χ0v) is 17.1. The number of hydrogen-bond acceptors (Lipinski definition) is 6. The largest absolute Gasteiger partial charge is 0.457 e. The molecule has 0 radical (unpaired) electrons. The molecule has 0 unspecified atom stereocenters. The minimum atomic E-state index is -0.798. The van der Waals surface area contributed by atoms with Gasteiger partial charge in [-0.2, -0.15) is 5.10 Å². The molecule has 0 spiro atoms. The lowest BCUT2D eigenvalue weighted by Crippen LogP contribution is -2.26. The first-order valence-electron chi connectivity index (χ1n) is 9.77. The third kappa shape index (κ3) is 4.65. The Bertz CT molecular complexity index is 1350. The predicted octanol–water partition coefficient (Wildman–Crippen LogP) is 3.52. The zero-order chi connectivity index (χ0) is 22.5. The van der Waals surface area contributed by atoms with Gasteiger partial charge in [-0.1, -0.05) is 42.5 Å². The lowest BCUT2D eigenvalue weighted by molar-refractivity contribution is -0.119. The minimum absolute atomic E-state index is 0.0336. The maximum atomic E-state index is 12.5. The predicted molar refractivity (Wildman–Crippen MR) is 119 cm³/mol. The van der Waals surface area contributed by atoms with Crippen molar-refractivity contribution in [2.75, 3.05) is 11.9 Å². The molecule has 0 aliphatic heterocycles. The molecule has 4 aromatic rings. The number of hydrogen-bond donors (Lipinski definition) is 1. The molecule has 1 N–H and O–H groups in total. The highest BCUT2D eigenvalue weighted by Gasteiger charge is 2.18. The van der Waals surface area contributed by atoms with Gasteiger partial charge in [0.15, 0.2) is 12.3 Å². The van der Waals surface area contributed by atoms with E-state index in [0.29, 0.717) is 28.0 Å². The third-order valence-corrected chi connectivity index (χ3v) is 4.58. The highest BCUT2D eigenvalue weighted by Crippen LogP contribution is 2.23. The van der Waals surface area contributed by atoms with Crippen molar-refractivity contribution in [3.05, 3.63) is 94.9 Å². The van der Waals surface area contributed by atoms with E-state index in [4.69, 9.17) is 9.47 Å². The Morgan fingerprint density at radius 3 is 2.38 bits per heavy atom. The molecular weight excluding hydrogens is 410 g/mol. The van der Waals surface area contributed by atoms with E-state index < -0.39 is 18.5 Å². The summed E-state index contributed by atoms with van der Waals surface area (Å²) in [6.07, 6.45) is 0. The second-order valence-corrected chi connectivity index (χ2v) is 6.89. The van der Waals surface area contributed by atoms with E-state index in [0.717, 1.165) is 4.68 Å². The number of anilines is 1. The molecule has 4 rings (SSSR count). The van der Waals surface area contributed by atoms with Gasteiger partial charge in [0.05, 0.1) is 5.39 Å². The highest BCUT2D eigenvalue weighted by molar-refractivity contribution is 6.03. The summed E-state index contributed by atoms with van der Waals surface area (Å²) in [5.74, 6) is -0.105. The quantitative estimate of drug-likeness (QED) is 0.471. The van der Waals surface area contributed by atoms with Gasteiger partial charge in [-0.3, -0.25) is 9.59 Å². The molecule has 1 heterocycles. The van der Waals surface area contributed by atoms with E-state index in [9.17, 15) is 14.4 Å².